The quantitative estimate of drug-likeness (QED) is 0.377. The molecule has 0 unspecified atom stereocenters. The minimum absolute atomic E-state index is 0.154. The molecule has 0 aliphatic carbocycles. The molecule has 2 aromatic heterocycles. The second-order valence-corrected chi connectivity index (χ2v) is 8.03. The molecular formula is C23H19BrF2N4O. The SMILES string of the molecule is O=C(CCCc1nc2cccnc2n1Cc1ccc(F)cc1)Nc1ccc(Br)cc1F. The van der Waals surface area contributed by atoms with Gasteiger partial charge in [0.2, 0.25) is 5.91 Å². The monoisotopic (exact) mass is 484 g/mol. The standard InChI is InChI=1S/C23H19BrF2N4O/c24-16-8-11-19(18(26)13-16)29-22(31)5-1-4-21-28-20-3-2-12-27-23(20)30(21)14-15-6-9-17(25)10-7-15/h2-3,6-13H,1,4-5,14H2,(H,29,31). The lowest BCUT2D eigenvalue weighted by atomic mass is 10.2. The van der Waals surface area contributed by atoms with Gasteiger partial charge in [0.1, 0.15) is 23.0 Å². The summed E-state index contributed by atoms with van der Waals surface area (Å²) in [5, 5.41) is 2.60. The number of hydrogen-bond donors (Lipinski definition) is 1. The first kappa shape index (κ1) is 21.1. The maximum Gasteiger partial charge on any atom is 0.224 e. The van der Waals surface area contributed by atoms with Crippen molar-refractivity contribution in [2.45, 2.75) is 25.8 Å². The predicted octanol–water partition coefficient (Wildman–Crippen LogP) is 5.48. The molecule has 1 amide bonds. The zero-order chi connectivity index (χ0) is 21.8. The molecule has 0 atom stereocenters. The summed E-state index contributed by atoms with van der Waals surface area (Å²) in [7, 11) is 0. The highest BCUT2D eigenvalue weighted by molar-refractivity contribution is 9.10. The Hall–Kier alpha value is -3.13. The molecule has 158 valence electrons. The van der Waals surface area contributed by atoms with E-state index in [4.69, 9.17) is 0 Å². The van der Waals surface area contributed by atoms with Crippen LogP contribution in [0.5, 0.6) is 0 Å². The van der Waals surface area contributed by atoms with Crippen molar-refractivity contribution in [1.29, 1.82) is 0 Å². The molecule has 31 heavy (non-hydrogen) atoms. The number of fused-ring (bicyclic) bond motifs is 1. The molecule has 4 rings (SSSR count). The van der Waals surface area contributed by atoms with Gasteiger partial charge in [0.05, 0.1) is 12.2 Å². The van der Waals surface area contributed by atoms with Gasteiger partial charge in [-0.3, -0.25) is 4.79 Å². The van der Waals surface area contributed by atoms with Crippen LogP contribution in [0.3, 0.4) is 0 Å². The van der Waals surface area contributed by atoms with E-state index in [1.807, 2.05) is 16.7 Å². The molecule has 0 aliphatic rings. The van der Waals surface area contributed by atoms with Crippen LogP contribution >= 0.6 is 15.9 Å². The molecule has 0 fully saturated rings. The van der Waals surface area contributed by atoms with Crippen LogP contribution in [0, 0.1) is 11.6 Å². The van der Waals surface area contributed by atoms with Gasteiger partial charge >= 0.3 is 0 Å². The maximum absolute atomic E-state index is 13.9. The van der Waals surface area contributed by atoms with Gasteiger partial charge in [0.15, 0.2) is 5.65 Å². The van der Waals surface area contributed by atoms with Crippen molar-refractivity contribution in [2.24, 2.45) is 0 Å². The van der Waals surface area contributed by atoms with Crippen LogP contribution in [0.4, 0.5) is 14.5 Å². The third-order valence-corrected chi connectivity index (χ3v) is 5.34. The molecule has 2 aromatic carbocycles. The first-order valence-corrected chi connectivity index (χ1v) is 10.6. The number of hydrogen-bond acceptors (Lipinski definition) is 3. The van der Waals surface area contributed by atoms with E-state index in [9.17, 15) is 13.6 Å². The van der Waals surface area contributed by atoms with Gasteiger partial charge in [-0.1, -0.05) is 28.1 Å². The van der Waals surface area contributed by atoms with Gasteiger partial charge in [-0.15, -0.1) is 0 Å². The number of nitrogens with one attached hydrogen (secondary N) is 1. The summed E-state index contributed by atoms with van der Waals surface area (Å²) < 4.78 is 29.7. The van der Waals surface area contributed by atoms with E-state index >= 15 is 0 Å². The Morgan fingerprint density at radius 3 is 2.68 bits per heavy atom. The average Bonchev–Trinajstić information content (AvgIpc) is 3.09. The number of nitrogens with zero attached hydrogens (tertiary/aromatic N) is 3. The van der Waals surface area contributed by atoms with Crippen molar-refractivity contribution in [3.05, 3.63) is 88.3 Å². The Labute approximate surface area is 186 Å². The van der Waals surface area contributed by atoms with Crippen LogP contribution in [0.1, 0.15) is 24.2 Å². The summed E-state index contributed by atoms with van der Waals surface area (Å²) >= 11 is 3.19. The van der Waals surface area contributed by atoms with Crippen molar-refractivity contribution in [3.8, 4) is 0 Å². The van der Waals surface area contributed by atoms with E-state index in [2.05, 4.69) is 31.2 Å². The number of aromatic nitrogens is 3. The highest BCUT2D eigenvalue weighted by atomic mass is 79.9. The van der Waals surface area contributed by atoms with Gasteiger partial charge in [0.25, 0.3) is 0 Å². The normalized spacial score (nSPS) is 11.1. The fourth-order valence-corrected chi connectivity index (χ4v) is 3.68. The molecule has 0 saturated carbocycles. The van der Waals surface area contributed by atoms with Crippen molar-refractivity contribution < 1.29 is 13.6 Å². The number of pyridine rings is 1. The summed E-state index contributed by atoms with van der Waals surface area (Å²) in [5.74, 6) is -0.248. The van der Waals surface area contributed by atoms with E-state index in [0.717, 1.165) is 22.6 Å². The Bertz CT molecular complexity index is 1220. The molecule has 0 bridgehead atoms. The Kier molecular flexibility index (Phi) is 6.36. The highest BCUT2D eigenvalue weighted by Gasteiger charge is 2.13. The first-order chi connectivity index (χ1) is 15.0. The molecule has 0 spiro atoms. The number of anilines is 1. The topological polar surface area (TPSA) is 59.8 Å². The number of imidazole rings is 1. The summed E-state index contributed by atoms with van der Waals surface area (Å²) in [4.78, 5) is 21.3. The minimum atomic E-state index is -0.491. The largest absolute Gasteiger partial charge is 0.324 e. The fraction of sp³-hybridized carbons (Fsp3) is 0.174. The van der Waals surface area contributed by atoms with Crippen molar-refractivity contribution in [1.82, 2.24) is 14.5 Å². The predicted molar refractivity (Wildman–Crippen MR) is 119 cm³/mol. The van der Waals surface area contributed by atoms with Gasteiger partial charge in [0, 0.05) is 23.5 Å². The summed E-state index contributed by atoms with van der Waals surface area (Å²) in [6.45, 7) is 0.499. The second-order valence-electron chi connectivity index (χ2n) is 7.11. The number of halogens is 3. The number of rotatable bonds is 7. The number of carbonyl (C=O) groups is 1. The molecule has 4 aromatic rings. The second kappa shape index (κ2) is 9.34. The lowest BCUT2D eigenvalue weighted by molar-refractivity contribution is -0.116. The Morgan fingerprint density at radius 1 is 1.10 bits per heavy atom. The van der Waals surface area contributed by atoms with E-state index in [0.29, 0.717) is 23.9 Å². The Balaban J connectivity index is 1.45. The molecule has 8 heteroatoms. The lowest BCUT2D eigenvalue weighted by Crippen LogP contribution is -2.13. The summed E-state index contributed by atoms with van der Waals surface area (Å²) in [5.41, 5.74) is 2.58. The number of aryl methyl sites for hydroxylation is 1. The zero-order valence-corrected chi connectivity index (χ0v) is 18.1. The van der Waals surface area contributed by atoms with Crippen LogP contribution in [0.15, 0.2) is 65.3 Å². The van der Waals surface area contributed by atoms with Crippen LogP contribution in [0.2, 0.25) is 0 Å². The summed E-state index contributed by atoms with van der Waals surface area (Å²) in [6, 6.07) is 14.5. The van der Waals surface area contributed by atoms with E-state index in [1.165, 1.54) is 24.3 Å². The van der Waals surface area contributed by atoms with Gasteiger partial charge < -0.3 is 9.88 Å². The fourth-order valence-electron chi connectivity index (χ4n) is 3.35. The molecule has 0 saturated heterocycles. The zero-order valence-electron chi connectivity index (χ0n) is 16.5. The molecular weight excluding hydrogens is 466 g/mol. The minimum Gasteiger partial charge on any atom is -0.324 e. The number of benzene rings is 2. The molecule has 5 nitrogen and oxygen atoms in total. The molecule has 0 aliphatic heterocycles. The lowest BCUT2D eigenvalue weighted by Gasteiger charge is -2.10. The Morgan fingerprint density at radius 2 is 1.90 bits per heavy atom. The van der Waals surface area contributed by atoms with Crippen LogP contribution in [0.25, 0.3) is 11.2 Å². The third-order valence-electron chi connectivity index (χ3n) is 4.85. The molecule has 2 heterocycles. The van der Waals surface area contributed by atoms with E-state index in [-0.39, 0.29) is 23.8 Å². The van der Waals surface area contributed by atoms with Crippen LogP contribution in [-0.2, 0) is 17.8 Å². The number of carbonyl (C=O) groups excluding carboxylic acids is 1. The van der Waals surface area contributed by atoms with Crippen molar-refractivity contribution >= 4 is 38.7 Å². The smallest absolute Gasteiger partial charge is 0.224 e. The van der Waals surface area contributed by atoms with E-state index < -0.39 is 5.82 Å². The number of amides is 1. The maximum atomic E-state index is 13.9. The van der Waals surface area contributed by atoms with Crippen LogP contribution in [-0.4, -0.2) is 20.4 Å². The van der Waals surface area contributed by atoms with E-state index in [1.54, 1.807) is 24.4 Å². The first-order valence-electron chi connectivity index (χ1n) is 9.79. The van der Waals surface area contributed by atoms with Crippen LogP contribution < -0.4 is 5.32 Å². The summed E-state index contributed by atoms with van der Waals surface area (Å²) in [6.07, 6.45) is 3.02. The molecule has 1 N–H and O–H groups in total. The van der Waals surface area contributed by atoms with Gasteiger partial charge in [-0.05, 0) is 54.4 Å². The van der Waals surface area contributed by atoms with Crippen molar-refractivity contribution in [2.75, 3.05) is 5.32 Å². The van der Waals surface area contributed by atoms with Crippen molar-refractivity contribution in [3.63, 3.8) is 0 Å². The average molecular weight is 485 g/mol. The highest BCUT2D eigenvalue weighted by Crippen LogP contribution is 2.21. The van der Waals surface area contributed by atoms with Gasteiger partial charge in [-0.2, -0.15) is 0 Å². The molecule has 0 radical (unpaired) electrons. The third kappa shape index (κ3) is 5.14. The van der Waals surface area contributed by atoms with Gasteiger partial charge in [-0.25, -0.2) is 18.7 Å².